The summed E-state index contributed by atoms with van der Waals surface area (Å²) in [6.45, 7) is 20.6. The van der Waals surface area contributed by atoms with Gasteiger partial charge in [-0.1, -0.05) is 105 Å². The van der Waals surface area contributed by atoms with Gasteiger partial charge in [-0.05, 0) is 123 Å². The van der Waals surface area contributed by atoms with Gasteiger partial charge in [0, 0.05) is 0 Å². The molecule has 0 aromatic rings. The first-order valence-electron chi connectivity index (χ1n) is 17.1. The fourth-order valence-electron chi connectivity index (χ4n) is 8.83. The summed E-state index contributed by atoms with van der Waals surface area (Å²) in [6.07, 6.45) is 28.2. The molecule has 0 amide bonds. The molecule has 0 aliphatic heterocycles. The van der Waals surface area contributed by atoms with Crippen molar-refractivity contribution in [1.82, 2.24) is 0 Å². The van der Waals surface area contributed by atoms with Gasteiger partial charge in [0.05, 0.1) is 6.10 Å². The lowest BCUT2D eigenvalue weighted by molar-refractivity contribution is -0.0573. The van der Waals surface area contributed by atoms with E-state index >= 15 is 0 Å². The molecule has 1 N–H and O–H groups in total. The predicted octanol–water partition coefficient (Wildman–Crippen LogP) is 11.8. The molecule has 8 unspecified atom stereocenters. The summed E-state index contributed by atoms with van der Waals surface area (Å²) < 4.78 is 0. The Morgan fingerprint density at radius 2 is 1.46 bits per heavy atom. The minimum absolute atomic E-state index is 0.0766. The molecule has 2 heteroatoms. The molecule has 0 spiro atoms. The smallest absolute Gasteiger partial charge is 0.0577 e. The second kappa shape index (κ2) is 18.4. The minimum atomic E-state index is -0.0766. The summed E-state index contributed by atoms with van der Waals surface area (Å²) in [5.74, 6) is 5.46. The van der Waals surface area contributed by atoms with Gasteiger partial charge < -0.3 is 5.11 Å². The molecule has 1 nitrogen and oxygen atoms in total. The van der Waals surface area contributed by atoms with Gasteiger partial charge in [0.15, 0.2) is 0 Å². The maximum Gasteiger partial charge on any atom is 0.0577 e. The molecule has 0 bridgehead atoms. The van der Waals surface area contributed by atoms with Crippen molar-refractivity contribution >= 4 is 11.8 Å². The van der Waals surface area contributed by atoms with Gasteiger partial charge >= 0.3 is 0 Å². The van der Waals surface area contributed by atoms with Gasteiger partial charge in [0.1, 0.15) is 0 Å². The standard InChI is InChI=1S/C27H46O.C4H6.C2H6S.2C2H6/c1-18(2)7-6-8-19(3)23-11-12-24-22-10-9-20-17-21(28)13-15-26(20,4)25(22)14-16-27(23,24)5;1-2-4-3-1;1-3-2;2*1-2/h9,18-19,21-25,28H,6-8,10-17H2,1-5H3;1-2H,3-4H2;1-2H3;2*1-2H3. The van der Waals surface area contributed by atoms with Crippen molar-refractivity contribution in [1.29, 1.82) is 0 Å². The Balaban J connectivity index is 0.000000593. The maximum absolute atomic E-state index is 10.2. The van der Waals surface area contributed by atoms with E-state index in [0.29, 0.717) is 10.8 Å². The topological polar surface area (TPSA) is 20.2 Å². The van der Waals surface area contributed by atoms with Gasteiger partial charge in [0.2, 0.25) is 0 Å². The van der Waals surface area contributed by atoms with Gasteiger partial charge in [0.25, 0.3) is 0 Å². The van der Waals surface area contributed by atoms with E-state index < -0.39 is 0 Å². The lowest BCUT2D eigenvalue weighted by Crippen LogP contribution is -2.50. The van der Waals surface area contributed by atoms with Gasteiger partial charge in [-0.2, -0.15) is 11.8 Å². The second-order valence-corrected chi connectivity index (χ2v) is 14.5. The number of hydrogen-bond acceptors (Lipinski definition) is 2. The molecule has 3 fully saturated rings. The van der Waals surface area contributed by atoms with Crippen LogP contribution in [-0.4, -0.2) is 23.7 Å². The quantitative estimate of drug-likeness (QED) is 0.336. The Bertz CT molecular complexity index is 704. The molecule has 5 rings (SSSR count). The van der Waals surface area contributed by atoms with Gasteiger partial charge in [-0.15, -0.1) is 0 Å². The first-order valence-corrected chi connectivity index (χ1v) is 18.7. The first-order chi connectivity index (χ1) is 18.7. The summed E-state index contributed by atoms with van der Waals surface area (Å²) >= 11 is 1.75. The first kappa shape index (κ1) is 36.8. The number of thioether (sulfide) groups is 1. The molecule has 0 aromatic carbocycles. The number of allylic oxidation sites excluding steroid dienone is 3. The Morgan fingerprint density at radius 3 is 2.00 bits per heavy atom. The van der Waals surface area contributed by atoms with E-state index in [2.05, 4.69) is 52.8 Å². The lowest BCUT2D eigenvalue weighted by atomic mass is 9.47. The SMILES string of the molecule is C1=CCC1.CC.CC.CC(C)CCCC(C)C1CCC2C3CC=C4CC(O)CCC4(C)C3CCC12C.CSC. The summed E-state index contributed by atoms with van der Waals surface area (Å²) in [6, 6.07) is 0. The Morgan fingerprint density at radius 1 is 0.872 bits per heavy atom. The number of rotatable bonds is 5. The zero-order chi connectivity index (χ0) is 29.6. The van der Waals surface area contributed by atoms with Crippen molar-refractivity contribution in [2.24, 2.45) is 46.3 Å². The summed E-state index contributed by atoms with van der Waals surface area (Å²) in [4.78, 5) is 0. The van der Waals surface area contributed by atoms with Crippen LogP contribution in [0.25, 0.3) is 0 Å². The number of aliphatic hydroxyl groups is 1. The third-order valence-corrected chi connectivity index (χ3v) is 10.9. The van der Waals surface area contributed by atoms with Crippen LogP contribution >= 0.6 is 11.8 Å². The van der Waals surface area contributed by atoms with Crippen LogP contribution < -0.4 is 0 Å². The third kappa shape index (κ3) is 9.39. The predicted molar refractivity (Wildman–Crippen MR) is 180 cm³/mol. The largest absolute Gasteiger partial charge is 0.393 e. The van der Waals surface area contributed by atoms with E-state index in [1.807, 2.05) is 40.2 Å². The molecule has 3 saturated carbocycles. The molecule has 0 saturated heterocycles. The molecule has 0 radical (unpaired) electrons. The molecular weight excluding hydrogens is 492 g/mol. The van der Waals surface area contributed by atoms with Crippen LogP contribution in [0.15, 0.2) is 23.8 Å². The highest BCUT2D eigenvalue weighted by Crippen LogP contribution is 2.67. The van der Waals surface area contributed by atoms with Crippen molar-refractivity contribution in [2.75, 3.05) is 12.5 Å². The van der Waals surface area contributed by atoms with E-state index in [-0.39, 0.29) is 6.10 Å². The normalized spacial score (nSPS) is 36.2. The van der Waals surface area contributed by atoms with E-state index in [0.717, 1.165) is 48.3 Å². The third-order valence-electron chi connectivity index (χ3n) is 10.9. The Labute approximate surface area is 250 Å². The number of aliphatic hydroxyl groups excluding tert-OH is 1. The minimum Gasteiger partial charge on any atom is -0.393 e. The average Bonchev–Trinajstić information content (AvgIpc) is 3.23. The van der Waals surface area contributed by atoms with Crippen molar-refractivity contribution in [2.45, 2.75) is 152 Å². The monoisotopic (exact) mass is 563 g/mol. The molecule has 39 heavy (non-hydrogen) atoms. The van der Waals surface area contributed by atoms with Crippen LogP contribution in [-0.2, 0) is 0 Å². The zero-order valence-corrected chi connectivity index (χ0v) is 29.1. The van der Waals surface area contributed by atoms with Crippen molar-refractivity contribution in [3.8, 4) is 0 Å². The average molecular weight is 563 g/mol. The molecule has 0 aromatic heterocycles. The fourth-order valence-corrected chi connectivity index (χ4v) is 8.83. The van der Waals surface area contributed by atoms with E-state index in [9.17, 15) is 5.11 Å². The van der Waals surface area contributed by atoms with Gasteiger partial charge in [-0.3, -0.25) is 0 Å². The van der Waals surface area contributed by atoms with Crippen LogP contribution in [0.5, 0.6) is 0 Å². The second-order valence-electron chi connectivity index (χ2n) is 13.6. The van der Waals surface area contributed by atoms with E-state index in [1.165, 1.54) is 70.6 Å². The molecule has 5 aliphatic rings. The van der Waals surface area contributed by atoms with Crippen molar-refractivity contribution in [3.63, 3.8) is 0 Å². The molecule has 230 valence electrons. The number of fused-ring (bicyclic) bond motifs is 5. The van der Waals surface area contributed by atoms with Crippen LogP contribution in [0.1, 0.15) is 146 Å². The lowest BCUT2D eigenvalue weighted by Gasteiger charge is -2.58. The van der Waals surface area contributed by atoms with E-state index in [4.69, 9.17) is 0 Å². The molecular formula is C37H70OS. The fraction of sp³-hybridized carbons (Fsp3) is 0.892. The van der Waals surface area contributed by atoms with Crippen LogP contribution in [0.2, 0.25) is 0 Å². The highest BCUT2D eigenvalue weighted by Gasteiger charge is 2.59. The van der Waals surface area contributed by atoms with E-state index in [1.54, 1.807) is 17.3 Å². The highest BCUT2D eigenvalue weighted by atomic mass is 32.2. The van der Waals surface area contributed by atoms with Crippen LogP contribution in [0.3, 0.4) is 0 Å². The molecule has 8 atom stereocenters. The Hall–Kier alpha value is -0.210. The summed E-state index contributed by atoms with van der Waals surface area (Å²) in [5.41, 5.74) is 2.60. The molecule has 0 heterocycles. The van der Waals surface area contributed by atoms with Crippen molar-refractivity contribution in [3.05, 3.63) is 23.8 Å². The van der Waals surface area contributed by atoms with Gasteiger partial charge in [-0.25, -0.2) is 0 Å². The van der Waals surface area contributed by atoms with Crippen LogP contribution in [0.4, 0.5) is 0 Å². The molecule has 5 aliphatic carbocycles. The summed E-state index contributed by atoms with van der Waals surface area (Å²) in [5, 5.41) is 10.2. The maximum atomic E-state index is 10.2. The van der Waals surface area contributed by atoms with Crippen LogP contribution in [0, 0.1) is 46.3 Å². The zero-order valence-electron chi connectivity index (χ0n) is 28.3. The Kier molecular flexibility index (Phi) is 17.3. The highest BCUT2D eigenvalue weighted by molar-refractivity contribution is 7.97. The van der Waals surface area contributed by atoms with Crippen molar-refractivity contribution < 1.29 is 5.11 Å². The summed E-state index contributed by atoms with van der Waals surface area (Å²) in [7, 11) is 0. The number of hydrogen-bond donors (Lipinski definition) is 1.